The molecule has 1 aliphatic rings. The van der Waals surface area contributed by atoms with E-state index in [1.165, 1.54) is 10.4 Å². The highest BCUT2D eigenvalue weighted by Gasteiger charge is 2.30. The predicted molar refractivity (Wildman–Crippen MR) is 87.0 cm³/mol. The zero-order chi connectivity index (χ0) is 15.5. The average molecular weight is 316 g/mol. The Balaban J connectivity index is 1.80. The monoisotopic (exact) mass is 316 g/mol. The Morgan fingerprint density at radius 2 is 2.18 bits per heavy atom. The second-order valence-electron chi connectivity index (χ2n) is 5.60. The van der Waals surface area contributed by atoms with Crippen LogP contribution in [0.25, 0.3) is 0 Å². The summed E-state index contributed by atoms with van der Waals surface area (Å²) < 4.78 is 5.14. The molecule has 1 aliphatic carbocycles. The summed E-state index contributed by atoms with van der Waals surface area (Å²) in [6, 6.07) is 9.71. The van der Waals surface area contributed by atoms with Gasteiger partial charge in [-0.2, -0.15) is 0 Å². The van der Waals surface area contributed by atoms with Crippen LogP contribution in [0.15, 0.2) is 35.7 Å². The highest BCUT2D eigenvalue weighted by molar-refractivity contribution is 7.10. The summed E-state index contributed by atoms with van der Waals surface area (Å²) in [7, 11) is 0. The van der Waals surface area contributed by atoms with E-state index < -0.39 is 6.10 Å². The van der Waals surface area contributed by atoms with E-state index in [2.05, 4.69) is 0 Å². The van der Waals surface area contributed by atoms with Crippen molar-refractivity contribution in [3.63, 3.8) is 0 Å². The zero-order valence-electron chi connectivity index (χ0n) is 12.6. The molecule has 1 heterocycles. The van der Waals surface area contributed by atoms with Crippen molar-refractivity contribution in [2.45, 2.75) is 32.3 Å². The summed E-state index contributed by atoms with van der Waals surface area (Å²) in [5, 5.41) is 12.6. The Morgan fingerprint density at radius 1 is 1.41 bits per heavy atom. The van der Waals surface area contributed by atoms with Gasteiger partial charge in [-0.1, -0.05) is 30.3 Å². The molecule has 0 amide bonds. The van der Waals surface area contributed by atoms with E-state index in [9.17, 15) is 9.90 Å². The lowest BCUT2D eigenvalue weighted by molar-refractivity contribution is -0.148. The summed E-state index contributed by atoms with van der Waals surface area (Å²) in [6.07, 6.45) is 1.79. The third-order valence-corrected chi connectivity index (χ3v) is 5.29. The van der Waals surface area contributed by atoms with Crippen LogP contribution >= 0.6 is 11.3 Å². The number of aliphatic hydroxyl groups is 1. The quantitative estimate of drug-likeness (QED) is 0.878. The van der Waals surface area contributed by atoms with Crippen molar-refractivity contribution in [3.05, 3.63) is 57.3 Å². The third kappa shape index (κ3) is 2.94. The van der Waals surface area contributed by atoms with Crippen LogP contribution in [0, 0.1) is 5.92 Å². The Bertz CT molecular complexity index is 648. The van der Waals surface area contributed by atoms with Crippen LogP contribution in [0.4, 0.5) is 0 Å². The molecule has 3 rings (SSSR count). The maximum Gasteiger partial charge on any atom is 0.309 e. The smallest absolute Gasteiger partial charge is 0.309 e. The van der Waals surface area contributed by atoms with Crippen LogP contribution in [-0.4, -0.2) is 17.7 Å². The first kappa shape index (κ1) is 15.3. The molecule has 1 N–H and O–H groups in total. The molecular weight excluding hydrogens is 296 g/mol. The summed E-state index contributed by atoms with van der Waals surface area (Å²) in [5.41, 5.74) is 3.13. The van der Waals surface area contributed by atoms with Gasteiger partial charge in [0.2, 0.25) is 0 Å². The van der Waals surface area contributed by atoms with Gasteiger partial charge in [-0.3, -0.25) is 4.79 Å². The second-order valence-corrected chi connectivity index (χ2v) is 6.56. The van der Waals surface area contributed by atoms with Crippen LogP contribution in [0.5, 0.6) is 0 Å². The Labute approximate surface area is 134 Å². The summed E-state index contributed by atoms with van der Waals surface area (Å²) in [4.78, 5) is 13.1. The van der Waals surface area contributed by atoms with Crippen molar-refractivity contribution in [1.29, 1.82) is 0 Å². The van der Waals surface area contributed by atoms with Crippen molar-refractivity contribution in [3.8, 4) is 0 Å². The van der Waals surface area contributed by atoms with E-state index in [1.54, 1.807) is 11.3 Å². The fourth-order valence-electron chi connectivity index (χ4n) is 3.04. The number of hydrogen-bond acceptors (Lipinski definition) is 4. The van der Waals surface area contributed by atoms with E-state index in [0.29, 0.717) is 6.61 Å². The maximum atomic E-state index is 11.9. The molecule has 0 saturated carbocycles. The molecular formula is C18H20O3S. The molecule has 0 radical (unpaired) electrons. The van der Waals surface area contributed by atoms with Gasteiger partial charge in [-0.25, -0.2) is 0 Å². The van der Waals surface area contributed by atoms with Crippen LogP contribution in [0.3, 0.4) is 0 Å². The van der Waals surface area contributed by atoms with Crippen LogP contribution in [0.1, 0.15) is 41.0 Å². The minimum absolute atomic E-state index is 0.0344. The molecule has 4 heteroatoms. The second kappa shape index (κ2) is 6.63. The largest absolute Gasteiger partial charge is 0.466 e. The third-order valence-electron chi connectivity index (χ3n) is 4.22. The van der Waals surface area contributed by atoms with E-state index in [1.807, 2.05) is 42.6 Å². The summed E-state index contributed by atoms with van der Waals surface area (Å²) in [5.74, 6) is -0.125. The lowest BCUT2D eigenvalue weighted by Gasteiger charge is -2.22. The van der Waals surface area contributed by atoms with Crippen molar-refractivity contribution in [2.24, 2.45) is 5.92 Å². The van der Waals surface area contributed by atoms with Crippen LogP contribution < -0.4 is 0 Å². The number of carbonyl (C=O) groups is 1. The molecule has 22 heavy (non-hydrogen) atoms. The molecule has 0 aliphatic heterocycles. The Morgan fingerprint density at radius 3 is 2.91 bits per heavy atom. The topological polar surface area (TPSA) is 46.5 Å². The highest BCUT2D eigenvalue weighted by atomic mass is 32.1. The van der Waals surface area contributed by atoms with E-state index in [4.69, 9.17) is 4.74 Å². The molecule has 0 bridgehead atoms. The van der Waals surface area contributed by atoms with Crippen molar-refractivity contribution < 1.29 is 14.6 Å². The lowest BCUT2D eigenvalue weighted by atomic mass is 9.85. The van der Waals surface area contributed by atoms with Gasteiger partial charge in [0.1, 0.15) is 6.10 Å². The molecule has 0 fully saturated rings. The number of hydrogen-bond donors (Lipinski definition) is 1. The number of aliphatic hydroxyl groups excluding tert-OH is 1. The first-order valence-electron chi connectivity index (χ1n) is 7.69. The SMILES string of the molecule is CCOC(=O)C1CCc2c(C(O)c3ccccc3)csc2C1. The van der Waals surface area contributed by atoms with E-state index in [0.717, 1.165) is 30.4 Å². The first-order valence-corrected chi connectivity index (χ1v) is 8.57. The van der Waals surface area contributed by atoms with Gasteiger partial charge in [0, 0.05) is 4.88 Å². The van der Waals surface area contributed by atoms with Gasteiger partial charge in [-0.15, -0.1) is 11.3 Å². The van der Waals surface area contributed by atoms with Gasteiger partial charge < -0.3 is 9.84 Å². The van der Waals surface area contributed by atoms with Gasteiger partial charge in [0.15, 0.2) is 0 Å². The Hall–Kier alpha value is -1.65. The van der Waals surface area contributed by atoms with Gasteiger partial charge >= 0.3 is 5.97 Å². The van der Waals surface area contributed by atoms with E-state index in [-0.39, 0.29) is 11.9 Å². The number of ether oxygens (including phenoxy) is 1. The molecule has 2 aromatic rings. The lowest BCUT2D eigenvalue weighted by Crippen LogP contribution is -2.24. The maximum absolute atomic E-state index is 11.9. The number of carbonyl (C=O) groups excluding carboxylic acids is 1. The van der Waals surface area contributed by atoms with Gasteiger partial charge in [0.25, 0.3) is 0 Å². The normalized spacial score (nSPS) is 18.5. The minimum atomic E-state index is -0.583. The number of esters is 1. The van der Waals surface area contributed by atoms with Crippen LogP contribution in [-0.2, 0) is 22.4 Å². The molecule has 1 aromatic heterocycles. The number of thiophene rings is 1. The van der Waals surface area contributed by atoms with Crippen molar-refractivity contribution in [1.82, 2.24) is 0 Å². The number of benzene rings is 1. The zero-order valence-corrected chi connectivity index (χ0v) is 13.4. The number of rotatable bonds is 4. The summed E-state index contributed by atoms with van der Waals surface area (Å²) in [6.45, 7) is 2.27. The van der Waals surface area contributed by atoms with Gasteiger partial charge in [0.05, 0.1) is 12.5 Å². The predicted octanol–water partition coefficient (Wildman–Crippen LogP) is 3.50. The number of fused-ring (bicyclic) bond motifs is 1. The molecule has 2 unspecified atom stereocenters. The van der Waals surface area contributed by atoms with E-state index >= 15 is 0 Å². The fourth-order valence-corrected chi connectivity index (χ4v) is 4.24. The van der Waals surface area contributed by atoms with Crippen LogP contribution in [0.2, 0.25) is 0 Å². The molecule has 0 spiro atoms. The molecule has 3 nitrogen and oxygen atoms in total. The minimum Gasteiger partial charge on any atom is -0.466 e. The van der Waals surface area contributed by atoms with Crippen molar-refractivity contribution >= 4 is 17.3 Å². The Kier molecular flexibility index (Phi) is 4.60. The fraction of sp³-hybridized carbons (Fsp3) is 0.389. The first-order chi connectivity index (χ1) is 10.7. The van der Waals surface area contributed by atoms with Crippen molar-refractivity contribution in [2.75, 3.05) is 6.61 Å². The standard InChI is InChI=1S/C18H20O3S/c1-2-21-18(20)13-8-9-14-15(11-22-16(14)10-13)17(19)12-6-4-3-5-7-12/h3-7,11,13,17,19H,2,8-10H2,1H3. The molecule has 2 atom stereocenters. The highest BCUT2D eigenvalue weighted by Crippen LogP contribution is 2.37. The average Bonchev–Trinajstić information content (AvgIpc) is 2.98. The molecule has 0 saturated heterocycles. The molecule has 1 aromatic carbocycles. The summed E-state index contributed by atoms with van der Waals surface area (Å²) >= 11 is 1.65. The van der Waals surface area contributed by atoms with Gasteiger partial charge in [-0.05, 0) is 48.3 Å². The molecule has 116 valence electrons.